The first kappa shape index (κ1) is 28.9. The van der Waals surface area contributed by atoms with Gasteiger partial charge in [-0.2, -0.15) is 4.31 Å². The normalized spacial score (nSPS) is 19.8. The van der Waals surface area contributed by atoms with Crippen molar-refractivity contribution in [3.05, 3.63) is 44.1 Å². The first-order valence-corrected chi connectivity index (χ1v) is 15.5. The number of nitrogens with zero attached hydrogens (tertiary/aromatic N) is 2. The van der Waals surface area contributed by atoms with Gasteiger partial charge in [0.1, 0.15) is 9.77 Å². The Morgan fingerprint density at radius 1 is 1.13 bits per heavy atom. The fourth-order valence-electron chi connectivity index (χ4n) is 5.02. The maximum absolute atomic E-state index is 13.7. The predicted octanol–water partition coefficient (Wildman–Crippen LogP) is 6.14. The van der Waals surface area contributed by atoms with Gasteiger partial charge in [-0.3, -0.25) is 4.79 Å². The minimum Gasteiger partial charge on any atom is -0.477 e. The number of carbonyl (C=O) groups is 2. The van der Waals surface area contributed by atoms with Crippen LogP contribution in [0.4, 0.5) is 5.69 Å². The number of rotatable bonds is 5. The van der Waals surface area contributed by atoms with E-state index in [1.165, 1.54) is 17.0 Å². The van der Waals surface area contributed by atoms with Gasteiger partial charge in [0.25, 0.3) is 0 Å². The lowest BCUT2D eigenvalue weighted by Gasteiger charge is -2.45. The van der Waals surface area contributed by atoms with Crippen LogP contribution in [-0.4, -0.2) is 48.8 Å². The van der Waals surface area contributed by atoms with Gasteiger partial charge in [0.05, 0.1) is 33.2 Å². The SMILES string of the molecule is CC(C)(C)C#Cc1cc(N2C(=O)CN(S(=O)(=O)c3c(Cl)cccc3Cl)C[C@H]2C2CCCCC2)c(C(=O)O)s1. The number of halogens is 2. The Morgan fingerprint density at radius 2 is 1.76 bits per heavy atom. The van der Waals surface area contributed by atoms with Crippen molar-refractivity contribution in [2.75, 3.05) is 18.0 Å². The Bertz CT molecular complexity index is 1390. The number of aromatic carboxylic acids is 1. The lowest BCUT2D eigenvalue weighted by atomic mass is 9.82. The van der Waals surface area contributed by atoms with E-state index in [0.717, 1.165) is 47.7 Å². The Hall–Kier alpha value is -2.09. The molecule has 0 spiro atoms. The molecule has 2 aliphatic rings. The molecule has 38 heavy (non-hydrogen) atoms. The van der Waals surface area contributed by atoms with Crippen molar-refractivity contribution in [2.45, 2.75) is 63.8 Å². The lowest BCUT2D eigenvalue weighted by molar-refractivity contribution is -0.121. The van der Waals surface area contributed by atoms with Crippen molar-refractivity contribution < 1.29 is 23.1 Å². The van der Waals surface area contributed by atoms with Crippen molar-refractivity contribution in [1.29, 1.82) is 0 Å². The molecule has 0 unspecified atom stereocenters. The zero-order valence-corrected chi connectivity index (χ0v) is 24.6. The molecule has 0 radical (unpaired) electrons. The van der Waals surface area contributed by atoms with Gasteiger partial charge in [-0.25, -0.2) is 13.2 Å². The van der Waals surface area contributed by atoms with Gasteiger partial charge in [-0.1, -0.05) is 60.4 Å². The molecule has 1 saturated heterocycles. The van der Waals surface area contributed by atoms with Gasteiger partial charge >= 0.3 is 5.97 Å². The van der Waals surface area contributed by atoms with Crippen LogP contribution in [0.2, 0.25) is 10.0 Å². The second-order valence-electron chi connectivity index (χ2n) is 10.7. The molecule has 2 heterocycles. The van der Waals surface area contributed by atoms with Crippen LogP contribution in [0.15, 0.2) is 29.2 Å². The first-order valence-electron chi connectivity index (χ1n) is 12.5. The molecule has 2 fully saturated rings. The quantitative estimate of drug-likeness (QED) is 0.418. The fourth-order valence-corrected chi connectivity index (χ4v) is 8.36. The van der Waals surface area contributed by atoms with Crippen molar-refractivity contribution in [1.82, 2.24) is 4.31 Å². The summed E-state index contributed by atoms with van der Waals surface area (Å²) in [7, 11) is -4.19. The molecular weight excluding hydrogens is 567 g/mol. The number of hydrogen-bond acceptors (Lipinski definition) is 5. The fraction of sp³-hybridized carbons (Fsp3) is 0.481. The molecule has 1 aliphatic heterocycles. The molecule has 1 aliphatic carbocycles. The highest BCUT2D eigenvalue weighted by atomic mass is 35.5. The monoisotopic (exact) mass is 596 g/mol. The number of thiophene rings is 1. The number of carbonyl (C=O) groups excluding carboxylic acids is 1. The summed E-state index contributed by atoms with van der Waals surface area (Å²) in [6, 6.07) is 5.56. The summed E-state index contributed by atoms with van der Waals surface area (Å²) in [4.78, 5) is 27.8. The number of carboxylic acid groups (broad SMARTS) is 1. The summed E-state index contributed by atoms with van der Waals surface area (Å²) in [5.41, 5.74) is -0.0114. The third kappa shape index (κ3) is 6.05. The van der Waals surface area contributed by atoms with Crippen LogP contribution >= 0.6 is 34.5 Å². The molecule has 0 bridgehead atoms. The Kier molecular flexibility index (Phi) is 8.51. The van der Waals surface area contributed by atoms with E-state index in [2.05, 4.69) is 11.8 Å². The van der Waals surface area contributed by atoms with Gasteiger partial charge in [0.15, 0.2) is 0 Å². The second kappa shape index (κ2) is 11.2. The molecule has 4 rings (SSSR count). The summed E-state index contributed by atoms with van der Waals surface area (Å²) in [5, 5.41) is 9.96. The molecule has 204 valence electrons. The molecule has 1 N–H and O–H groups in total. The number of sulfonamides is 1. The highest BCUT2D eigenvalue weighted by molar-refractivity contribution is 7.89. The van der Waals surface area contributed by atoms with E-state index in [-0.39, 0.29) is 43.4 Å². The molecule has 1 aromatic heterocycles. The minimum absolute atomic E-state index is 0.0121. The third-order valence-electron chi connectivity index (χ3n) is 6.74. The zero-order valence-electron chi connectivity index (χ0n) is 21.5. The molecule has 11 heteroatoms. The summed E-state index contributed by atoms with van der Waals surface area (Å²) in [6.45, 7) is 5.43. The maximum atomic E-state index is 13.7. The number of piperazine rings is 1. The third-order valence-corrected chi connectivity index (χ3v) is 10.5. The predicted molar refractivity (Wildman–Crippen MR) is 151 cm³/mol. The standard InChI is InChI=1S/C27H30Cl2N2O5S2/c1-27(2,3)13-12-18-14-21(24(37-18)26(33)34)31-22(17-8-5-4-6-9-17)15-30(16-23(31)32)38(35,36)25-19(28)10-7-11-20(25)29/h7,10-11,14,17,22H,4-6,8-9,15-16H2,1-3H3,(H,33,34)/t22-/m0/s1. The molecule has 1 amide bonds. The second-order valence-corrected chi connectivity index (χ2v) is 14.4. The summed E-state index contributed by atoms with van der Waals surface area (Å²) >= 11 is 13.5. The van der Waals surface area contributed by atoms with Crippen LogP contribution in [0.3, 0.4) is 0 Å². The number of benzene rings is 1. The Balaban J connectivity index is 1.79. The average Bonchev–Trinajstić information content (AvgIpc) is 3.26. The van der Waals surface area contributed by atoms with Gasteiger partial charge < -0.3 is 10.0 Å². The minimum atomic E-state index is -4.19. The molecule has 1 atom stereocenters. The largest absolute Gasteiger partial charge is 0.477 e. The van der Waals surface area contributed by atoms with Gasteiger partial charge in [-0.05, 0) is 57.7 Å². The van der Waals surface area contributed by atoms with Crippen molar-refractivity contribution >= 4 is 62.1 Å². The van der Waals surface area contributed by atoms with E-state index in [9.17, 15) is 23.1 Å². The molecule has 7 nitrogen and oxygen atoms in total. The smallest absolute Gasteiger partial charge is 0.348 e. The Morgan fingerprint density at radius 3 is 2.34 bits per heavy atom. The van der Waals surface area contributed by atoms with Crippen LogP contribution in [0.25, 0.3) is 0 Å². The lowest BCUT2D eigenvalue weighted by Crippen LogP contribution is -2.60. The summed E-state index contributed by atoms with van der Waals surface area (Å²) in [6.07, 6.45) is 4.63. The number of hydrogen-bond donors (Lipinski definition) is 1. The van der Waals surface area contributed by atoms with Crippen molar-refractivity contribution in [3.8, 4) is 11.8 Å². The highest BCUT2D eigenvalue weighted by Gasteiger charge is 2.45. The van der Waals surface area contributed by atoms with Crippen LogP contribution in [0.5, 0.6) is 0 Å². The first-order chi connectivity index (χ1) is 17.8. The maximum Gasteiger partial charge on any atom is 0.348 e. The number of carboxylic acids is 1. The van der Waals surface area contributed by atoms with E-state index < -0.39 is 34.5 Å². The van der Waals surface area contributed by atoms with Crippen LogP contribution in [0.1, 0.15) is 67.4 Å². The molecule has 1 aromatic carbocycles. The van der Waals surface area contributed by atoms with Crippen LogP contribution in [0, 0.1) is 23.2 Å². The van der Waals surface area contributed by atoms with Crippen LogP contribution in [-0.2, 0) is 14.8 Å². The van der Waals surface area contributed by atoms with Gasteiger partial charge in [0.2, 0.25) is 15.9 Å². The zero-order chi connectivity index (χ0) is 27.8. The van der Waals surface area contributed by atoms with E-state index in [0.29, 0.717) is 4.88 Å². The highest BCUT2D eigenvalue weighted by Crippen LogP contribution is 2.40. The van der Waals surface area contributed by atoms with Crippen LogP contribution < -0.4 is 4.90 Å². The Labute approximate surface area is 237 Å². The summed E-state index contributed by atoms with van der Waals surface area (Å²) < 4.78 is 28.5. The summed E-state index contributed by atoms with van der Waals surface area (Å²) in [5.74, 6) is 4.53. The molecule has 1 saturated carbocycles. The molecular formula is C27H30Cl2N2O5S2. The van der Waals surface area contributed by atoms with Crippen molar-refractivity contribution in [2.24, 2.45) is 11.3 Å². The van der Waals surface area contributed by atoms with E-state index in [1.807, 2.05) is 20.8 Å². The number of amides is 1. The van der Waals surface area contributed by atoms with E-state index >= 15 is 0 Å². The van der Waals surface area contributed by atoms with E-state index in [4.69, 9.17) is 23.2 Å². The topological polar surface area (TPSA) is 95.0 Å². The van der Waals surface area contributed by atoms with Crippen molar-refractivity contribution in [3.63, 3.8) is 0 Å². The molecule has 2 aromatic rings. The number of anilines is 1. The van der Waals surface area contributed by atoms with Gasteiger partial charge in [0, 0.05) is 12.0 Å². The van der Waals surface area contributed by atoms with Gasteiger partial charge in [-0.15, -0.1) is 11.3 Å². The average molecular weight is 598 g/mol. The van der Waals surface area contributed by atoms with E-state index in [1.54, 1.807) is 12.1 Å².